The van der Waals surface area contributed by atoms with Gasteiger partial charge < -0.3 is 19.7 Å². The SMILES string of the molecule is CC(C)Oc1ccc(-c2nc(-c3cccc4c3CCC4CNS(=O)(=O)CC(=O)NCCO)no2)cc1C#N. The van der Waals surface area contributed by atoms with E-state index in [2.05, 4.69) is 26.2 Å². The van der Waals surface area contributed by atoms with Crippen LogP contribution in [0.3, 0.4) is 0 Å². The number of nitrogens with zero attached hydrogens (tertiary/aromatic N) is 3. The number of hydrogen-bond acceptors (Lipinski definition) is 9. The molecule has 1 atom stereocenters. The Balaban J connectivity index is 1.49. The van der Waals surface area contributed by atoms with Crippen molar-refractivity contribution in [3.8, 4) is 34.7 Å². The number of fused-ring (bicyclic) bond motifs is 1. The average molecular weight is 540 g/mol. The van der Waals surface area contributed by atoms with Gasteiger partial charge in [0.25, 0.3) is 5.89 Å². The van der Waals surface area contributed by atoms with E-state index in [0.717, 1.165) is 23.1 Å². The van der Waals surface area contributed by atoms with Crippen LogP contribution in [0, 0.1) is 11.3 Å². The third-order valence-corrected chi connectivity index (χ3v) is 7.32. The first-order valence-electron chi connectivity index (χ1n) is 12.2. The van der Waals surface area contributed by atoms with Gasteiger partial charge in [0.05, 0.1) is 18.3 Å². The van der Waals surface area contributed by atoms with Gasteiger partial charge in [0, 0.05) is 24.2 Å². The normalized spacial score (nSPS) is 14.8. The fourth-order valence-electron chi connectivity index (χ4n) is 4.42. The zero-order chi connectivity index (χ0) is 27.3. The molecule has 200 valence electrons. The van der Waals surface area contributed by atoms with Gasteiger partial charge in [0.2, 0.25) is 21.8 Å². The topological polar surface area (TPSA) is 167 Å². The maximum atomic E-state index is 12.3. The number of amides is 1. The number of nitriles is 1. The molecule has 0 radical (unpaired) electrons. The van der Waals surface area contributed by atoms with Crippen molar-refractivity contribution in [2.45, 2.75) is 38.7 Å². The number of carbonyl (C=O) groups is 1. The Morgan fingerprint density at radius 3 is 2.87 bits per heavy atom. The van der Waals surface area contributed by atoms with Crippen LogP contribution in [-0.2, 0) is 21.2 Å². The van der Waals surface area contributed by atoms with E-state index in [4.69, 9.17) is 14.4 Å². The van der Waals surface area contributed by atoms with Crippen LogP contribution in [0.2, 0.25) is 0 Å². The first kappa shape index (κ1) is 27.3. The number of ether oxygens (including phenoxy) is 1. The van der Waals surface area contributed by atoms with Gasteiger partial charge in [-0.2, -0.15) is 10.2 Å². The summed E-state index contributed by atoms with van der Waals surface area (Å²) in [6.45, 7) is 3.67. The second kappa shape index (κ2) is 11.7. The van der Waals surface area contributed by atoms with E-state index in [1.807, 2.05) is 32.0 Å². The molecule has 0 spiro atoms. The third-order valence-electron chi connectivity index (χ3n) is 6.08. The fourth-order valence-corrected chi connectivity index (χ4v) is 5.42. The minimum absolute atomic E-state index is 0.00226. The van der Waals surface area contributed by atoms with Crippen LogP contribution in [0.4, 0.5) is 0 Å². The van der Waals surface area contributed by atoms with E-state index in [-0.39, 0.29) is 37.6 Å². The van der Waals surface area contributed by atoms with Crippen LogP contribution >= 0.6 is 0 Å². The van der Waals surface area contributed by atoms with Crippen LogP contribution in [-0.4, -0.2) is 61.1 Å². The summed E-state index contributed by atoms with van der Waals surface area (Å²) in [5.41, 5.74) is 3.77. The number of nitrogens with one attached hydrogen (secondary N) is 2. The molecule has 1 aliphatic rings. The van der Waals surface area contributed by atoms with Crippen molar-refractivity contribution in [1.29, 1.82) is 5.26 Å². The number of sulfonamides is 1. The summed E-state index contributed by atoms with van der Waals surface area (Å²) in [5.74, 6) is -0.280. The molecule has 12 heteroatoms. The number of aliphatic hydroxyl groups is 1. The van der Waals surface area contributed by atoms with Crippen molar-refractivity contribution < 1.29 is 27.6 Å². The highest BCUT2D eigenvalue weighted by Gasteiger charge is 2.28. The lowest BCUT2D eigenvalue weighted by atomic mass is 9.98. The quantitative estimate of drug-likeness (QED) is 0.330. The number of rotatable bonds is 11. The van der Waals surface area contributed by atoms with E-state index in [0.29, 0.717) is 29.1 Å². The highest BCUT2D eigenvalue weighted by Crippen LogP contribution is 2.38. The fraction of sp³-hybridized carbons (Fsp3) is 0.385. The summed E-state index contributed by atoms with van der Waals surface area (Å²) in [7, 11) is -3.82. The van der Waals surface area contributed by atoms with Crippen LogP contribution in [0.1, 0.15) is 42.9 Å². The monoisotopic (exact) mass is 539 g/mol. The van der Waals surface area contributed by atoms with Crippen molar-refractivity contribution in [3.63, 3.8) is 0 Å². The highest BCUT2D eigenvalue weighted by molar-refractivity contribution is 7.90. The van der Waals surface area contributed by atoms with E-state index in [1.54, 1.807) is 18.2 Å². The number of hydrogen-bond donors (Lipinski definition) is 3. The van der Waals surface area contributed by atoms with Crippen molar-refractivity contribution in [2.75, 3.05) is 25.4 Å². The van der Waals surface area contributed by atoms with Gasteiger partial charge in [-0.05, 0) is 61.9 Å². The molecule has 1 unspecified atom stereocenters. The summed E-state index contributed by atoms with van der Waals surface area (Å²) in [6.07, 6.45) is 1.36. The predicted molar refractivity (Wildman–Crippen MR) is 139 cm³/mol. The number of aliphatic hydroxyl groups excluding tert-OH is 1. The smallest absolute Gasteiger partial charge is 0.258 e. The average Bonchev–Trinajstić information content (AvgIpc) is 3.53. The maximum absolute atomic E-state index is 12.3. The molecule has 0 bridgehead atoms. The Kier molecular flexibility index (Phi) is 8.41. The lowest BCUT2D eigenvalue weighted by molar-refractivity contribution is -0.118. The van der Waals surface area contributed by atoms with Crippen molar-refractivity contribution >= 4 is 15.9 Å². The van der Waals surface area contributed by atoms with Gasteiger partial charge in [0.15, 0.2) is 0 Å². The number of benzene rings is 2. The summed E-state index contributed by atoms with van der Waals surface area (Å²) < 4.78 is 38.4. The Morgan fingerprint density at radius 2 is 2.13 bits per heavy atom. The molecule has 4 rings (SSSR count). The molecule has 11 nitrogen and oxygen atoms in total. The van der Waals surface area contributed by atoms with Gasteiger partial charge in [-0.15, -0.1) is 0 Å². The van der Waals surface area contributed by atoms with Gasteiger partial charge in [-0.1, -0.05) is 23.4 Å². The molecule has 0 saturated carbocycles. The molecule has 1 aliphatic carbocycles. The van der Waals surface area contributed by atoms with E-state index < -0.39 is 21.7 Å². The lowest BCUT2D eigenvalue weighted by Crippen LogP contribution is -2.38. The van der Waals surface area contributed by atoms with Crippen LogP contribution < -0.4 is 14.8 Å². The Hall–Kier alpha value is -3.79. The molecular formula is C26H29N5O6S. The van der Waals surface area contributed by atoms with Crippen LogP contribution in [0.25, 0.3) is 22.8 Å². The second-order valence-electron chi connectivity index (χ2n) is 9.20. The van der Waals surface area contributed by atoms with Gasteiger partial charge in [-0.3, -0.25) is 4.79 Å². The zero-order valence-electron chi connectivity index (χ0n) is 21.1. The van der Waals surface area contributed by atoms with Crippen molar-refractivity contribution in [3.05, 3.63) is 53.1 Å². The van der Waals surface area contributed by atoms with Gasteiger partial charge >= 0.3 is 0 Å². The summed E-state index contributed by atoms with van der Waals surface area (Å²) in [6, 6.07) is 13.0. The van der Waals surface area contributed by atoms with Crippen LogP contribution in [0.15, 0.2) is 40.9 Å². The molecule has 3 N–H and O–H groups in total. The summed E-state index contributed by atoms with van der Waals surface area (Å²) in [4.78, 5) is 16.3. The summed E-state index contributed by atoms with van der Waals surface area (Å²) >= 11 is 0. The molecular weight excluding hydrogens is 510 g/mol. The minimum atomic E-state index is -3.82. The van der Waals surface area contributed by atoms with Gasteiger partial charge in [0.1, 0.15) is 17.6 Å². The standard InChI is InChI=1S/C26H29N5O6S/c1-16(2)36-23-9-7-17(12-19(23)13-27)26-30-25(31-37-26)22-5-3-4-20-18(6-8-21(20)22)14-29-38(34,35)15-24(33)28-10-11-32/h3-5,7,9,12,16,18,29,32H,6,8,10-11,14-15H2,1-2H3,(H,28,33). The Morgan fingerprint density at radius 1 is 1.32 bits per heavy atom. The number of carbonyl (C=O) groups excluding carboxylic acids is 1. The molecule has 2 aromatic carbocycles. The zero-order valence-corrected chi connectivity index (χ0v) is 21.9. The number of aromatic nitrogens is 2. The maximum Gasteiger partial charge on any atom is 0.258 e. The Labute approximate surface area is 220 Å². The van der Waals surface area contributed by atoms with Crippen LogP contribution in [0.5, 0.6) is 5.75 Å². The largest absolute Gasteiger partial charge is 0.490 e. The first-order valence-corrected chi connectivity index (χ1v) is 13.9. The summed E-state index contributed by atoms with van der Waals surface area (Å²) in [5, 5.41) is 24.8. The van der Waals surface area contributed by atoms with E-state index >= 15 is 0 Å². The molecule has 0 fully saturated rings. The predicted octanol–water partition coefficient (Wildman–Crippen LogP) is 2.12. The van der Waals surface area contributed by atoms with Crippen molar-refractivity contribution in [1.82, 2.24) is 20.2 Å². The first-order chi connectivity index (χ1) is 18.2. The molecule has 0 saturated heterocycles. The van der Waals surface area contributed by atoms with E-state index in [1.165, 1.54) is 0 Å². The van der Waals surface area contributed by atoms with Gasteiger partial charge in [-0.25, -0.2) is 13.1 Å². The molecule has 1 aromatic heterocycles. The molecule has 38 heavy (non-hydrogen) atoms. The minimum Gasteiger partial charge on any atom is -0.490 e. The third kappa shape index (κ3) is 6.36. The molecule has 1 amide bonds. The second-order valence-corrected chi connectivity index (χ2v) is 11.0. The molecule has 3 aromatic rings. The Bertz CT molecular complexity index is 1460. The van der Waals surface area contributed by atoms with Crippen molar-refractivity contribution in [2.24, 2.45) is 0 Å². The molecule has 1 heterocycles. The lowest BCUT2D eigenvalue weighted by Gasteiger charge is -2.14. The highest BCUT2D eigenvalue weighted by atomic mass is 32.2. The molecule has 0 aliphatic heterocycles. The van der Waals surface area contributed by atoms with E-state index in [9.17, 15) is 18.5 Å².